The van der Waals surface area contributed by atoms with E-state index in [2.05, 4.69) is 12.2 Å². The van der Waals surface area contributed by atoms with Gasteiger partial charge in [-0.2, -0.15) is 0 Å². The Morgan fingerprint density at radius 3 is 2.65 bits per heavy atom. The molecule has 1 fully saturated rings. The van der Waals surface area contributed by atoms with Crippen molar-refractivity contribution in [2.24, 2.45) is 11.8 Å². The third kappa shape index (κ3) is 4.55. The number of carbonyl (C=O) groups excluding carboxylic acids is 1. The van der Waals surface area contributed by atoms with Crippen molar-refractivity contribution in [1.82, 2.24) is 5.32 Å². The van der Waals surface area contributed by atoms with Crippen molar-refractivity contribution < 1.29 is 9.90 Å². The van der Waals surface area contributed by atoms with Crippen LogP contribution in [0, 0.1) is 11.8 Å². The third-order valence-corrected chi connectivity index (χ3v) is 4.35. The second kappa shape index (κ2) is 7.32. The van der Waals surface area contributed by atoms with Gasteiger partial charge in [-0.15, -0.1) is 0 Å². The smallest absolute Gasteiger partial charge is 0.224 e. The summed E-state index contributed by atoms with van der Waals surface area (Å²) < 4.78 is 0. The van der Waals surface area contributed by atoms with Crippen LogP contribution >= 0.6 is 0 Å². The Morgan fingerprint density at radius 1 is 1.25 bits per heavy atom. The molecular weight excluding hydrogens is 250 g/mol. The maximum Gasteiger partial charge on any atom is 0.224 e. The first kappa shape index (κ1) is 14.9. The van der Waals surface area contributed by atoms with Gasteiger partial charge in [-0.25, -0.2) is 0 Å². The Labute approximate surface area is 121 Å². The predicted octanol–water partition coefficient (Wildman–Crippen LogP) is 3.27. The summed E-state index contributed by atoms with van der Waals surface area (Å²) in [5.74, 6) is 1.85. The molecule has 1 aromatic rings. The van der Waals surface area contributed by atoms with Crippen LogP contribution < -0.4 is 5.32 Å². The summed E-state index contributed by atoms with van der Waals surface area (Å²) in [6.45, 7) is 3.08. The largest absolute Gasteiger partial charge is 0.508 e. The van der Waals surface area contributed by atoms with E-state index >= 15 is 0 Å². The quantitative estimate of drug-likeness (QED) is 0.866. The first-order chi connectivity index (χ1) is 9.65. The van der Waals surface area contributed by atoms with Crippen LogP contribution in [0.3, 0.4) is 0 Å². The van der Waals surface area contributed by atoms with Gasteiger partial charge in [-0.3, -0.25) is 4.79 Å². The molecule has 1 saturated carbocycles. The topological polar surface area (TPSA) is 49.3 Å². The highest BCUT2D eigenvalue weighted by Gasteiger charge is 2.18. The van der Waals surface area contributed by atoms with Crippen LogP contribution in [0.4, 0.5) is 0 Å². The Kier molecular flexibility index (Phi) is 5.45. The average Bonchev–Trinajstić information content (AvgIpc) is 2.44. The molecule has 0 aromatic heterocycles. The summed E-state index contributed by atoms with van der Waals surface area (Å²) in [5.41, 5.74) is 0.691. The van der Waals surface area contributed by atoms with E-state index < -0.39 is 0 Å². The molecule has 0 atom stereocenters. The molecule has 3 heteroatoms. The number of hydrogen-bond acceptors (Lipinski definition) is 2. The van der Waals surface area contributed by atoms with Gasteiger partial charge in [0.2, 0.25) is 5.91 Å². The summed E-state index contributed by atoms with van der Waals surface area (Å²) in [7, 11) is 0. The first-order valence-corrected chi connectivity index (χ1v) is 7.68. The molecule has 0 unspecified atom stereocenters. The van der Waals surface area contributed by atoms with E-state index in [1.807, 2.05) is 6.07 Å². The summed E-state index contributed by atoms with van der Waals surface area (Å²) >= 11 is 0. The van der Waals surface area contributed by atoms with E-state index in [-0.39, 0.29) is 18.1 Å². The van der Waals surface area contributed by atoms with Crippen molar-refractivity contribution >= 4 is 5.91 Å². The van der Waals surface area contributed by atoms with E-state index in [9.17, 15) is 9.90 Å². The molecule has 1 aliphatic rings. The van der Waals surface area contributed by atoms with Crippen LogP contribution in [0.15, 0.2) is 24.3 Å². The van der Waals surface area contributed by atoms with E-state index in [1.54, 1.807) is 18.2 Å². The standard InChI is InChI=1S/C17H25NO2/c1-13-6-8-14(9-7-13)10-11-18-17(20)12-15-4-2-3-5-16(15)19/h2-5,13-14,19H,6-12H2,1H3,(H,18,20). The van der Waals surface area contributed by atoms with Crippen LogP contribution in [-0.2, 0) is 11.2 Å². The number of aromatic hydroxyl groups is 1. The Bertz CT molecular complexity index is 436. The van der Waals surface area contributed by atoms with Crippen LogP contribution in [0.5, 0.6) is 5.75 Å². The van der Waals surface area contributed by atoms with Crippen molar-refractivity contribution in [1.29, 1.82) is 0 Å². The molecule has 0 saturated heterocycles. The van der Waals surface area contributed by atoms with Crippen LogP contribution in [0.2, 0.25) is 0 Å². The molecule has 0 aliphatic heterocycles. The fourth-order valence-electron chi connectivity index (χ4n) is 2.93. The molecule has 1 aromatic carbocycles. The van der Waals surface area contributed by atoms with E-state index in [0.29, 0.717) is 5.56 Å². The number of nitrogens with one attached hydrogen (secondary N) is 1. The molecular formula is C17H25NO2. The molecule has 1 aliphatic carbocycles. The van der Waals surface area contributed by atoms with Gasteiger partial charge >= 0.3 is 0 Å². The van der Waals surface area contributed by atoms with E-state index in [0.717, 1.165) is 24.8 Å². The molecule has 20 heavy (non-hydrogen) atoms. The molecule has 0 bridgehead atoms. The normalized spacial score (nSPS) is 22.4. The molecule has 0 radical (unpaired) electrons. The second-order valence-corrected chi connectivity index (χ2v) is 6.07. The fraction of sp³-hybridized carbons (Fsp3) is 0.588. The Hall–Kier alpha value is -1.51. The van der Waals surface area contributed by atoms with E-state index in [4.69, 9.17) is 0 Å². The minimum atomic E-state index is -0.00400. The molecule has 0 spiro atoms. The second-order valence-electron chi connectivity index (χ2n) is 6.07. The van der Waals surface area contributed by atoms with Crippen molar-refractivity contribution in [2.75, 3.05) is 6.54 Å². The van der Waals surface area contributed by atoms with Crippen LogP contribution in [0.25, 0.3) is 0 Å². The Morgan fingerprint density at radius 2 is 1.95 bits per heavy atom. The number of phenols is 1. The maximum atomic E-state index is 11.8. The zero-order valence-corrected chi connectivity index (χ0v) is 12.3. The number of rotatable bonds is 5. The van der Waals surface area contributed by atoms with Gasteiger partial charge in [0, 0.05) is 12.1 Å². The number of para-hydroxylation sites is 1. The zero-order valence-electron chi connectivity index (χ0n) is 12.3. The lowest BCUT2D eigenvalue weighted by Crippen LogP contribution is -2.28. The number of carbonyl (C=O) groups is 1. The zero-order chi connectivity index (χ0) is 14.4. The highest BCUT2D eigenvalue weighted by Crippen LogP contribution is 2.29. The monoisotopic (exact) mass is 275 g/mol. The number of benzene rings is 1. The first-order valence-electron chi connectivity index (χ1n) is 7.68. The lowest BCUT2D eigenvalue weighted by molar-refractivity contribution is -0.120. The minimum Gasteiger partial charge on any atom is -0.508 e. The van der Waals surface area contributed by atoms with Gasteiger partial charge in [0.05, 0.1) is 6.42 Å². The average molecular weight is 275 g/mol. The molecule has 3 nitrogen and oxygen atoms in total. The summed E-state index contributed by atoms with van der Waals surface area (Å²) in [5, 5.41) is 12.6. The van der Waals surface area contributed by atoms with Crippen molar-refractivity contribution in [3.05, 3.63) is 29.8 Å². The summed E-state index contributed by atoms with van der Waals surface area (Å²) in [6, 6.07) is 7.01. The molecule has 110 valence electrons. The van der Waals surface area contributed by atoms with Gasteiger partial charge < -0.3 is 10.4 Å². The third-order valence-electron chi connectivity index (χ3n) is 4.35. The minimum absolute atomic E-state index is 0.00400. The molecule has 2 N–H and O–H groups in total. The van der Waals surface area contributed by atoms with Gasteiger partial charge in [0.25, 0.3) is 0 Å². The lowest BCUT2D eigenvalue weighted by atomic mass is 9.81. The van der Waals surface area contributed by atoms with Crippen LogP contribution in [0.1, 0.15) is 44.6 Å². The fourth-order valence-corrected chi connectivity index (χ4v) is 2.93. The molecule has 0 heterocycles. The highest BCUT2D eigenvalue weighted by atomic mass is 16.3. The van der Waals surface area contributed by atoms with Crippen LogP contribution in [-0.4, -0.2) is 17.6 Å². The highest BCUT2D eigenvalue weighted by molar-refractivity contribution is 5.79. The summed E-state index contributed by atoms with van der Waals surface area (Å²) in [6.07, 6.45) is 6.60. The van der Waals surface area contributed by atoms with Gasteiger partial charge in [0.1, 0.15) is 5.75 Å². The summed E-state index contributed by atoms with van der Waals surface area (Å²) in [4.78, 5) is 11.8. The number of amides is 1. The van der Waals surface area contributed by atoms with Gasteiger partial charge in [-0.05, 0) is 24.3 Å². The maximum absolute atomic E-state index is 11.8. The predicted molar refractivity (Wildman–Crippen MR) is 80.6 cm³/mol. The molecule has 1 amide bonds. The lowest BCUT2D eigenvalue weighted by Gasteiger charge is -2.26. The van der Waals surface area contributed by atoms with Gasteiger partial charge in [0.15, 0.2) is 0 Å². The van der Waals surface area contributed by atoms with Crippen molar-refractivity contribution in [2.45, 2.75) is 45.4 Å². The molecule has 2 rings (SSSR count). The number of hydrogen-bond donors (Lipinski definition) is 2. The van der Waals surface area contributed by atoms with E-state index in [1.165, 1.54) is 25.7 Å². The SMILES string of the molecule is CC1CCC(CCNC(=O)Cc2ccccc2O)CC1. The van der Waals surface area contributed by atoms with Gasteiger partial charge in [-0.1, -0.05) is 50.8 Å². The Balaban J connectivity index is 1.67. The van der Waals surface area contributed by atoms with Crippen molar-refractivity contribution in [3.8, 4) is 5.75 Å². The van der Waals surface area contributed by atoms with Crippen molar-refractivity contribution in [3.63, 3.8) is 0 Å². The number of phenolic OH excluding ortho intramolecular Hbond substituents is 1.